The Hall–Kier alpha value is -2.34. The van der Waals surface area contributed by atoms with Crippen molar-refractivity contribution in [1.82, 2.24) is 5.32 Å². The lowest BCUT2D eigenvalue weighted by Gasteiger charge is -2.17. The van der Waals surface area contributed by atoms with Gasteiger partial charge in [-0.05, 0) is 68.1 Å². The Kier molecular flexibility index (Phi) is 5.05. The van der Waals surface area contributed by atoms with Crippen LogP contribution in [-0.2, 0) is 16.6 Å². The molecule has 3 rings (SSSR count). The first-order chi connectivity index (χ1) is 12.3. The summed E-state index contributed by atoms with van der Waals surface area (Å²) in [5, 5.41) is 2.95. The van der Waals surface area contributed by atoms with Gasteiger partial charge in [-0.1, -0.05) is 17.7 Å². The number of rotatable bonds is 4. The lowest BCUT2D eigenvalue weighted by Crippen LogP contribution is -2.26. The molecule has 5 nitrogen and oxygen atoms in total. The Bertz CT molecular complexity index is 911. The molecule has 0 aliphatic carbocycles. The van der Waals surface area contributed by atoms with Crippen LogP contribution in [0.2, 0.25) is 0 Å². The quantitative estimate of drug-likeness (QED) is 0.897. The number of anilines is 1. The predicted octanol–water partition coefficient (Wildman–Crippen LogP) is 3.08. The monoisotopic (exact) mass is 372 g/mol. The van der Waals surface area contributed by atoms with Crippen molar-refractivity contribution >= 4 is 21.6 Å². The van der Waals surface area contributed by atoms with Crippen molar-refractivity contribution in [3.05, 3.63) is 64.2 Å². The van der Waals surface area contributed by atoms with Crippen molar-refractivity contribution < 1.29 is 13.2 Å². The molecule has 0 spiro atoms. The minimum atomic E-state index is -3.20. The van der Waals surface area contributed by atoms with E-state index in [0.29, 0.717) is 30.8 Å². The van der Waals surface area contributed by atoms with Crippen LogP contribution in [0.3, 0.4) is 0 Å². The smallest absolute Gasteiger partial charge is 0.251 e. The molecule has 1 amide bonds. The number of benzene rings is 2. The van der Waals surface area contributed by atoms with Gasteiger partial charge in [0.1, 0.15) is 0 Å². The van der Waals surface area contributed by atoms with Crippen LogP contribution in [0.25, 0.3) is 0 Å². The number of nitrogens with one attached hydrogen (secondary N) is 1. The highest BCUT2D eigenvalue weighted by Crippen LogP contribution is 2.24. The summed E-state index contributed by atoms with van der Waals surface area (Å²) < 4.78 is 25.4. The maximum atomic E-state index is 12.4. The maximum Gasteiger partial charge on any atom is 0.251 e. The lowest BCUT2D eigenvalue weighted by atomic mass is 10.00. The van der Waals surface area contributed by atoms with E-state index in [1.54, 1.807) is 24.3 Å². The van der Waals surface area contributed by atoms with Crippen molar-refractivity contribution in [2.45, 2.75) is 33.7 Å². The number of amides is 1. The third-order valence-electron chi connectivity index (χ3n) is 4.78. The van der Waals surface area contributed by atoms with Crippen LogP contribution in [0.15, 0.2) is 36.4 Å². The Labute approximate surface area is 155 Å². The molecule has 0 radical (unpaired) electrons. The molecule has 1 saturated heterocycles. The molecule has 0 bridgehead atoms. The van der Waals surface area contributed by atoms with Gasteiger partial charge < -0.3 is 5.32 Å². The average molecular weight is 372 g/mol. The molecule has 2 aromatic carbocycles. The zero-order chi connectivity index (χ0) is 18.9. The number of aryl methyl sites for hydroxylation is 3. The highest BCUT2D eigenvalue weighted by atomic mass is 32.2. The van der Waals surface area contributed by atoms with Crippen LogP contribution in [-0.4, -0.2) is 26.6 Å². The summed E-state index contributed by atoms with van der Waals surface area (Å²) in [6, 6.07) is 11.0. The molecular formula is C20H24N2O3S. The van der Waals surface area contributed by atoms with E-state index < -0.39 is 10.0 Å². The first kappa shape index (κ1) is 18.5. The number of hydrogen-bond acceptors (Lipinski definition) is 3. The number of carbonyl (C=O) groups excluding carboxylic acids is 1. The number of hydrogen-bond donors (Lipinski definition) is 1. The number of carbonyl (C=O) groups is 1. The van der Waals surface area contributed by atoms with E-state index in [-0.39, 0.29) is 11.7 Å². The van der Waals surface area contributed by atoms with E-state index in [1.807, 2.05) is 13.8 Å². The fourth-order valence-electron chi connectivity index (χ4n) is 3.47. The first-order valence-electron chi connectivity index (χ1n) is 8.73. The van der Waals surface area contributed by atoms with Gasteiger partial charge in [-0.25, -0.2) is 8.42 Å². The second-order valence-corrected chi connectivity index (χ2v) is 8.86. The summed E-state index contributed by atoms with van der Waals surface area (Å²) in [4.78, 5) is 12.4. The fraction of sp³-hybridized carbons (Fsp3) is 0.350. The second-order valence-electron chi connectivity index (χ2n) is 6.85. The zero-order valence-corrected chi connectivity index (χ0v) is 16.2. The molecule has 1 fully saturated rings. The molecule has 2 aromatic rings. The molecule has 1 aliphatic rings. The van der Waals surface area contributed by atoms with Crippen LogP contribution in [0, 0.1) is 20.8 Å². The molecule has 0 unspecified atom stereocenters. The summed E-state index contributed by atoms with van der Waals surface area (Å²) in [5.41, 5.74) is 5.80. The van der Waals surface area contributed by atoms with Gasteiger partial charge in [0.2, 0.25) is 10.0 Å². The second kappa shape index (κ2) is 7.11. The van der Waals surface area contributed by atoms with Crippen LogP contribution < -0.4 is 9.62 Å². The molecule has 6 heteroatoms. The highest BCUT2D eigenvalue weighted by Gasteiger charge is 2.28. The Morgan fingerprint density at radius 3 is 2.23 bits per heavy atom. The summed E-state index contributed by atoms with van der Waals surface area (Å²) in [6.45, 7) is 7.13. The van der Waals surface area contributed by atoms with Crippen LogP contribution in [0.5, 0.6) is 0 Å². The molecule has 138 valence electrons. The maximum absolute atomic E-state index is 12.4. The van der Waals surface area contributed by atoms with Gasteiger partial charge >= 0.3 is 0 Å². The first-order valence-corrected chi connectivity index (χ1v) is 10.3. The zero-order valence-electron chi connectivity index (χ0n) is 15.4. The van der Waals surface area contributed by atoms with Gasteiger partial charge in [-0.15, -0.1) is 0 Å². The minimum absolute atomic E-state index is 0.166. The van der Waals surface area contributed by atoms with Crippen LogP contribution >= 0.6 is 0 Å². The summed E-state index contributed by atoms with van der Waals surface area (Å²) in [7, 11) is -3.20. The SMILES string of the molecule is Cc1cc(C)c(CNC(=O)c2ccc(N3CCCS3(=O)=O)cc2)c(C)c1. The molecule has 0 aromatic heterocycles. The summed E-state index contributed by atoms with van der Waals surface area (Å²) in [5.74, 6) is 0.0185. The van der Waals surface area contributed by atoms with Crippen LogP contribution in [0.1, 0.15) is 39.0 Å². The third kappa shape index (κ3) is 3.75. The molecular weight excluding hydrogens is 348 g/mol. The van der Waals surface area contributed by atoms with Gasteiger partial charge in [-0.3, -0.25) is 9.10 Å². The van der Waals surface area contributed by atoms with Crippen molar-refractivity contribution in [3.63, 3.8) is 0 Å². The van der Waals surface area contributed by atoms with E-state index in [1.165, 1.54) is 9.87 Å². The topological polar surface area (TPSA) is 66.5 Å². The molecule has 0 atom stereocenters. The van der Waals surface area contributed by atoms with Gasteiger partial charge in [-0.2, -0.15) is 0 Å². The Morgan fingerprint density at radius 2 is 1.69 bits per heavy atom. The molecule has 1 N–H and O–H groups in total. The van der Waals surface area contributed by atoms with Gasteiger partial charge in [0.25, 0.3) is 5.91 Å². The third-order valence-corrected chi connectivity index (χ3v) is 6.65. The van der Waals surface area contributed by atoms with E-state index in [0.717, 1.165) is 16.7 Å². The van der Waals surface area contributed by atoms with E-state index in [4.69, 9.17) is 0 Å². The normalized spacial score (nSPS) is 15.9. The van der Waals surface area contributed by atoms with Crippen molar-refractivity contribution in [2.24, 2.45) is 0 Å². The minimum Gasteiger partial charge on any atom is -0.348 e. The van der Waals surface area contributed by atoms with Crippen LogP contribution in [0.4, 0.5) is 5.69 Å². The highest BCUT2D eigenvalue weighted by molar-refractivity contribution is 7.93. The van der Waals surface area contributed by atoms with E-state index in [9.17, 15) is 13.2 Å². The summed E-state index contributed by atoms with van der Waals surface area (Å²) in [6.07, 6.45) is 0.639. The Morgan fingerprint density at radius 1 is 1.08 bits per heavy atom. The largest absolute Gasteiger partial charge is 0.348 e. The van der Waals surface area contributed by atoms with Crippen molar-refractivity contribution in [1.29, 1.82) is 0 Å². The van der Waals surface area contributed by atoms with E-state index in [2.05, 4.69) is 24.4 Å². The van der Waals surface area contributed by atoms with Gasteiger partial charge in [0, 0.05) is 18.7 Å². The molecule has 26 heavy (non-hydrogen) atoms. The molecule has 1 heterocycles. The van der Waals surface area contributed by atoms with Gasteiger partial charge in [0.15, 0.2) is 0 Å². The standard InChI is InChI=1S/C20H24N2O3S/c1-14-11-15(2)19(16(3)12-14)13-21-20(23)17-5-7-18(8-6-17)22-9-4-10-26(22,24)25/h5-8,11-12H,4,9-10,13H2,1-3H3,(H,21,23). The Balaban J connectivity index is 1.69. The average Bonchev–Trinajstić information content (AvgIpc) is 2.93. The summed E-state index contributed by atoms with van der Waals surface area (Å²) >= 11 is 0. The van der Waals surface area contributed by atoms with E-state index >= 15 is 0 Å². The number of sulfonamides is 1. The molecule has 0 saturated carbocycles. The predicted molar refractivity (Wildman–Crippen MR) is 104 cm³/mol. The fourth-order valence-corrected chi connectivity index (χ4v) is 5.03. The number of nitrogens with zero attached hydrogens (tertiary/aromatic N) is 1. The van der Waals surface area contributed by atoms with Gasteiger partial charge in [0.05, 0.1) is 11.4 Å². The van der Waals surface area contributed by atoms with Crippen molar-refractivity contribution in [2.75, 3.05) is 16.6 Å². The lowest BCUT2D eigenvalue weighted by molar-refractivity contribution is 0.0951. The van der Waals surface area contributed by atoms with Crippen molar-refractivity contribution in [3.8, 4) is 0 Å². The molecule has 1 aliphatic heterocycles.